The summed E-state index contributed by atoms with van der Waals surface area (Å²) >= 11 is 0. The van der Waals surface area contributed by atoms with E-state index >= 15 is 0 Å². The molecular weight excluding hydrogens is 224 g/mol. The third-order valence-electron chi connectivity index (χ3n) is 3.83. The highest BCUT2D eigenvalue weighted by atomic mass is 16.5. The lowest BCUT2D eigenvalue weighted by Gasteiger charge is -2.30. The molecule has 0 aliphatic carbocycles. The van der Waals surface area contributed by atoms with Crippen molar-refractivity contribution in [1.82, 2.24) is 0 Å². The van der Waals surface area contributed by atoms with E-state index < -0.39 is 0 Å². The molecule has 0 heterocycles. The molecule has 1 aromatic carbocycles. The molecule has 1 aromatic rings. The maximum absolute atomic E-state index is 5.64. The average molecular weight is 250 g/mol. The molecule has 0 saturated carbocycles. The van der Waals surface area contributed by atoms with Gasteiger partial charge in [0.15, 0.2) is 0 Å². The van der Waals surface area contributed by atoms with Gasteiger partial charge >= 0.3 is 0 Å². The predicted molar refractivity (Wildman–Crippen MR) is 78.7 cm³/mol. The van der Waals surface area contributed by atoms with Crippen molar-refractivity contribution in [3.8, 4) is 5.75 Å². The molecule has 3 nitrogen and oxygen atoms in total. The fraction of sp³-hybridized carbons (Fsp3) is 0.600. The van der Waals surface area contributed by atoms with Gasteiger partial charge in [0.1, 0.15) is 5.75 Å². The molecule has 1 atom stereocenters. The lowest BCUT2D eigenvalue weighted by molar-refractivity contribution is 0.408. The largest absolute Gasteiger partial charge is 0.496 e. The summed E-state index contributed by atoms with van der Waals surface area (Å²) < 4.78 is 5.46. The first-order chi connectivity index (χ1) is 8.43. The number of anilines is 1. The molecule has 0 saturated heterocycles. The lowest BCUT2D eigenvalue weighted by Crippen LogP contribution is -2.31. The van der Waals surface area contributed by atoms with Crippen LogP contribution in [0.1, 0.15) is 30.0 Å². The zero-order valence-corrected chi connectivity index (χ0v) is 12.5. The zero-order chi connectivity index (χ0) is 13.9. The van der Waals surface area contributed by atoms with Crippen molar-refractivity contribution in [3.63, 3.8) is 0 Å². The third kappa shape index (κ3) is 2.78. The fourth-order valence-electron chi connectivity index (χ4n) is 2.39. The molecule has 0 fully saturated rings. The Kier molecular flexibility index (Phi) is 5.03. The molecular formula is C15H26N2O. The van der Waals surface area contributed by atoms with Gasteiger partial charge in [-0.15, -0.1) is 0 Å². The smallest absolute Gasteiger partial charge is 0.125 e. The van der Waals surface area contributed by atoms with Crippen LogP contribution in [-0.4, -0.2) is 26.7 Å². The van der Waals surface area contributed by atoms with Gasteiger partial charge in [0, 0.05) is 18.8 Å². The Labute approximate surface area is 111 Å². The normalized spacial score (nSPS) is 12.4. The van der Waals surface area contributed by atoms with Crippen LogP contribution >= 0.6 is 0 Å². The van der Waals surface area contributed by atoms with Gasteiger partial charge in [-0.25, -0.2) is 0 Å². The number of nitrogens with zero attached hydrogens (tertiary/aromatic N) is 1. The Morgan fingerprint density at radius 3 is 2.39 bits per heavy atom. The standard InChI is InChI=1S/C15H26N2O/c1-10-9-14(17(5)11(2)7-8-16)12(3)13(4)15(10)18-6/h9,11H,7-8,16H2,1-6H3. The Hall–Kier alpha value is -1.22. The Morgan fingerprint density at radius 2 is 1.89 bits per heavy atom. The Balaban J connectivity index is 3.18. The van der Waals surface area contributed by atoms with Crippen LogP contribution in [0.25, 0.3) is 0 Å². The summed E-state index contributed by atoms with van der Waals surface area (Å²) in [6, 6.07) is 2.65. The number of benzene rings is 1. The van der Waals surface area contributed by atoms with Gasteiger partial charge < -0.3 is 15.4 Å². The van der Waals surface area contributed by atoms with Crippen LogP contribution in [0, 0.1) is 20.8 Å². The molecule has 1 rings (SSSR count). The summed E-state index contributed by atoms with van der Waals surface area (Å²) in [5, 5.41) is 0. The maximum Gasteiger partial charge on any atom is 0.125 e. The monoisotopic (exact) mass is 250 g/mol. The highest BCUT2D eigenvalue weighted by Crippen LogP contribution is 2.33. The van der Waals surface area contributed by atoms with E-state index in [9.17, 15) is 0 Å². The van der Waals surface area contributed by atoms with E-state index in [-0.39, 0.29) is 0 Å². The quantitative estimate of drug-likeness (QED) is 0.873. The van der Waals surface area contributed by atoms with Crippen molar-refractivity contribution < 1.29 is 4.74 Å². The molecule has 1 unspecified atom stereocenters. The molecule has 0 spiro atoms. The second kappa shape index (κ2) is 6.10. The number of nitrogens with two attached hydrogens (primary N) is 1. The summed E-state index contributed by atoms with van der Waals surface area (Å²) in [4.78, 5) is 2.31. The van der Waals surface area contributed by atoms with E-state index in [4.69, 9.17) is 10.5 Å². The molecule has 0 radical (unpaired) electrons. The summed E-state index contributed by atoms with van der Waals surface area (Å²) in [7, 11) is 3.86. The van der Waals surface area contributed by atoms with Gasteiger partial charge in [0.05, 0.1) is 7.11 Å². The predicted octanol–water partition coefficient (Wildman–Crippen LogP) is 2.79. The fourth-order valence-corrected chi connectivity index (χ4v) is 2.39. The van der Waals surface area contributed by atoms with Crippen LogP contribution in [0.2, 0.25) is 0 Å². The van der Waals surface area contributed by atoms with Crippen molar-refractivity contribution in [2.45, 2.75) is 40.2 Å². The zero-order valence-electron chi connectivity index (χ0n) is 12.5. The first-order valence-electron chi connectivity index (χ1n) is 6.51. The number of hydrogen-bond donors (Lipinski definition) is 1. The second-order valence-corrected chi connectivity index (χ2v) is 5.03. The van der Waals surface area contributed by atoms with Crippen LogP contribution in [0.3, 0.4) is 0 Å². The van der Waals surface area contributed by atoms with Crippen molar-refractivity contribution in [1.29, 1.82) is 0 Å². The van der Waals surface area contributed by atoms with Crippen LogP contribution < -0.4 is 15.4 Å². The number of hydrogen-bond acceptors (Lipinski definition) is 3. The summed E-state index contributed by atoms with van der Waals surface area (Å²) in [6.45, 7) is 9.29. The van der Waals surface area contributed by atoms with Crippen LogP contribution in [0.15, 0.2) is 6.07 Å². The third-order valence-corrected chi connectivity index (χ3v) is 3.83. The minimum atomic E-state index is 0.445. The topological polar surface area (TPSA) is 38.5 Å². The SMILES string of the molecule is COc1c(C)cc(N(C)C(C)CCN)c(C)c1C. The van der Waals surface area contributed by atoms with Gasteiger partial charge in [0.2, 0.25) is 0 Å². The van der Waals surface area contributed by atoms with Crippen molar-refractivity contribution in [2.75, 3.05) is 25.6 Å². The molecule has 102 valence electrons. The highest BCUT2D eigenvalue weighted by Gasteiger charge is 2.16. The van der Waals surface area contributed by atoms with Crippen LogP contribution in [0.5, 0.6) is 5.75 Å². The van der Waals surface area contributed by atoms with Gasteiger partial charge in [-0.05, 0) is 63.4 Å². The average Bonchev–Trinajstić information content (AvgIpc) is 2.34. The molecule has 3 heteroatoms. The van der Waals surface area contributed by atoms with E-state index in [2.05, 4.69) is 45.7 Å². The Bertz CT molecular complexity index is 415. The Morgan fingerprint density at radius 1 is 1.28 bits per heavy atom. The number of rotatable bonds is 5. The molecule has 0 bridgehead atoms. The second-order valence-electron chi connectivity index (χ2n) is 5.03. The molecule has 0 aliphatic rings. The highest BCUT2D eigenvalue weighted by molar-refractivity contribution is 5.63. The summed E-state index contributed by atoms with van der Waals surface area (Å²) in [5.41, 5.74) is 10.6. The van der Waals surface area contributed by atoms with Crippen molar-refractivity contribution >= 4 is 5.69 Å². The van der Waals surface area contributed by atoms with Crippen LogP contribution in [0.4, 0.5) is 5.69 Å². The van der Waals surface area contributed by atoms with Gasteiger partial charge in [0.25, 0.3) is 0 Å². The van der Waals surface area contributed by atoms with Crippen molar-refractivity contribution in [2.24, 2.45) is 5.73 Å². The molecule has 0 aromatic heterocycles. The maximum atomic E-state index is 5.64. The van der Waals surface area contributed by atoms with Crippen molar-refractivity contribution in [3.05, 3.63) is 22.8 Å². The molecule has 2 N–H and O–H groups in total. The van der Waals surface area contributed by atoms with E-state index in [0.29, 0.717) is 6.04 Å². The molecule has 18 heavy (non-hydrogen) atoms. The minimum absolute atomic E-state index is 0.445. The minimum Gasteiger partial charge on any atom is -0.496 e. The summed E-state index contributed by atoms with van der Waals surface area (Å²) in [6.07, 6.45) is 1.00. The first kappa shape index (κ1) is 14.8. The number of aryl methyl sites for hydroxylation is 1. The van der Waals surface area contributed by atoms with E-state index in [1.165, 1.54) is 22.4 Å². The number of ether oxygens (including phenoxy) is 1. The first-order valence-corrected chi connectivity index (χ1v) is 6.51. The molecule has 0 amide bonds. The van der Waals surface area contributed by atoms with Crippen LogP contribution in [-0.2, 0) is 0 Å². The van der Waals surface area contributed by atoms with E-state index in [1.54, 1.807) is 7.11 Å². The lowest BCUT2D eigenvalue weighted by atomic mass is 10.0. The van der Waals surface area contributed by atoms with Gasteiger partial charge in [-0.2, -0.15) is 0 Å². The number of methoxy groups -OCH3 is 1. The van der Waals surface area contributed by atoms with E-state index in [1.807, 2.05) is 0 Å². The summed E-state index contributed by atoms with van der Waals surface area (Å²) in [5.74, 6) is 0.996. The molecule has 0 aliphatic heterocycles. The van der Waals surface area contributed by atoms with E-state index in [0.717, 1.165) is 18.7 Å². The van der Waals surface area contributed by atoms with Gasteiger partial charge in [-0.1, -0.05) is 0 Å². The van der Waals surface area contributed by atoms with Gasteiger partial charge in [-0.3, -0.25) is 0 Å².